The van der Waals surface area contributed by atoms with Gasteiger partial charge in [0.15, 0.2) is 5.82 Å². The average molecular weight is 268 g/mol. The van der Waals surface area contributed by atoms with Crippen LogP contribution in [-0.4, -0.2) is 48.3 Å². The van der Waals surface area contributed by atoms with Crippen LogP contribution < -0.4 is 5.32 Å². The highest BCUT2D eigenvalue weighted by Gasteiger charge is 2.26. The lowest BCUT2D eigenvalue weighted by atomic mass is 9.84. The third kappa shape index (κ3) is 5.70. The molecule has 1 heterocycles. The molecule has 0 amide bonds. The Morgan fingerprint density at radius 2 is 2.00 bits per heavy atom. The molecule has 0 aromatic carbocycles. The molecule has 19 heavy (non-hydrogen) atoms. The fraction of sp³-hybridized carbons (Fsp3) is 0.857. The second kappa shape index (κ2) is 7.01. The van der Waals surface area contributed by atoms with Crippen molar-refractivity contribution in [1.82, 2.24) is 20.4 Å². The SMILES string of the molecule is CCNC(Cc1nc(CCN(C)C)no1)C(C)(C)C. The predicted molar refractivity (Wildman–Crippen MR) is 77.2 cm³/mol. The van der Waals surface area contributed by atoms with Crippen LogP contribution in [0.5, 0.6) is 0 Å². The molecule has 1 rings (SSSR count). The van der Waals surface area contributed by atoms with Gasteiger partial charge in [-0.15, -0.1) is 0 Å². The Bertz CT molecular complexity index is 368. The van der Waals surface area contributed by atoms with Crippen LogP contribution in [0.1, 0.15) is 39.4 Å². The van der Waals surface area contributed by atoms with Crippen LogP contribution >= 0.6 is 0 Å². The summed E-state index contributed by atoms with van der Waals surface area (Å²) >= 11 is 0. The molecule has 0 fully saturated rings. The number of rotatable bonds is 7. The number of hydrogen-bond donors (Lipinski definition) is 1. The molecule has 5 heteroatoms. The second-order valence-electron chi connectivity index (χ2n) is 6.34. The maximum atomic E-state index is 5.35. The van der Waals surface area contributed by atoms with Gasteiger partial charge in [-0.1, -0.05) is 32.9 Å². The van der Waals surface area contributed by atoms with Crippen molar-refractivity contribution in [3.8, 4) is 0 Å². The molecule has 110 valence electrons. The number of likely N-dealkylation sites (N-methyl/N-ethyl adjacent to an activating group) is 2. The standard InChI is InChI=1S/C14H28N4O/c1-7-15-11(14(2,3)4)10-13-16-12(17-19-13)8-9-18(5)6/h11,15H,7-10H2,1-6H3. The molecule has 1 atom stereocenters. The lowest BCUT2D eigenvalue weighted by molar-refractivity contribution is 0.247. The van der Waals surface area contributed by atoms with E-state index < -0.39 is 0 Å². The van der Waals surface area contributed by atoms with Crippen molar-refractivity contribution in [3.63, 3.8) is 0 Å². The normalized spacial score (nSPS) is 14.1. The van der Waals surface area contributed by atoms with Crippen LogP contribution in [0.15, 0.2) is 4.52 Å². The minimum atomic E-state index is 0.175. The van der Waals surface area contributed by atoms with Gasteiger partial charge in [0.25, 0.3) is 0 Å². The zero-order valence-corrected chi connectivity index (χ0v) is 13.2. The Morgan fingerprint density at radius 1 is 1.32 bits per heavy atom. The summed E-state index contributed by atoms with van der Waals surface area (Å²) in [4.78, 5) is 6.59. The number of nitrogens with one attached hydrogen (secondary N) is 1. The highest BCUT2D eigenvalue weighted by Crippen LogP contribution is 2.22. The first kappa shape index (κ1) is 16.1. The molecule has 5 nitrogen and oxygen atoms in total. The fourth-order valence-electron chi connectivity index (χ4n) is 1.90. The molecule has 1 aromatic heterocycles. The molecule has 0 aliphatic heterocycles. The van der Waals surface area contributed by atoms with Gasteiger partial charge in [-0.05, 0) is 26.1 Å². The molecule has 0 radical (unpaired) electrons. The zero-order valence-electron chi connectivity index (χ0n) is 13.2. The third-order valence-corrected chi connectivity index (χ3v) is 3.17. The summed E-state index contributed by atoms with van der Waals surface area (Å²) in [6.45, 7) is 10.7. The topological polar surface area (TPSA) is 54.2 Å². The lowest BCUT2D eigenvalue weighted by Gasteiger charge is -2.30. The van der Waals surface area contributed by atoms with Crippen molar-refractivity contribution in [2.75, 3.05) is 27.2 Å². The van der Waals surface area contributed by atoms with Gasteiger partial charge in [0, 0.05) is 25.4 Å². The summed E-state index contributed by atoms with van der Waals surface area (Å²) in [5, 5.41) is 7.54. The van der Waals surface area contributed by atoms with Gasteiger partial charge in [0.2, 0.25) is 5.89 Å². The Hall–Kier alpha value is -0.940. The van der Waals surface area contributed by atoms with Crippen molar-refractivity contribution in [3.05, 3.63) is 11.7 Å². The number of nitrogens with zero attached hydrogens (tertiary/aromatic N) is 3. The summed E-state index contributed by atoms with van der Waals surface area (Å²) in [6, 6.07) is 0.347. The van der Waals surface area contributed by atoms with E-state index in [0.717, 1.165) is 37.6 Å². The largest absolute Gasteiger partial charge is 0.339 e. The lowest BCUT2D eigenvalue weighted by Crippen LogP contribution is -2.41. The molecule has 0 bridgehead atoms. The van der Waals surface area contributed by atoms with Gasteiger partial charge in [-0.3, -0.25) is 0 Å². The molecule has 1 aromatic rings. The van der Waals surface area contributed by atoms with Crippen molar-refractivity contribution < 1.29 is 4.52 Å². The monoisotopic (exact) mass is 268 g/mol. The van der Waals surface area contributed by atoms with Gasteiger partial charge in [0.05, 0.1) is 0 Å². The third-order valence-electron chi connectivity index (χ3n) is 3.17. The fourth-order valence-corrected chi connectivity index (χ4v) is 1.90. The zero-order chi connectivity index (χ0) is 14.5. The van der Waals surface area contributed by atoms with Crippen molar-refractivity contribution in [1.29, 1.82) is 0 Å². The summed E-state index contributed by atoms with van der Waals surface area (Å²) in [6.07, 6.45) is 1.62. The van der Waals surface area contributed by atoms with Crippen LogP contribution in [0, 0.1) is 5.41 Å². The van der Waals surface area contributed by atoms with Gasteiger partial charge in [0.1, 0.15) is 0 Å². The first-order valence-corrected chi connectivity index (χ1v) is 7.02. The number of aromatic nitrogens is 2. The molecule has 1 N–H and O–H groups in total. The van der Waals surface area contributed by atoms with Crippen LogP contribution in [0.25, 0.3) is 0 Å². The van der Waals surface area contributed by atoms with Gasteiger partial charge >= 0.3 is 0 Å². The van der Waals surface area contributed by atoms with E-state index in [1.54, 1.807) is 0 Å². The minimum Gasteiger partial charge on any atom is -0.339 e. The molecule has 0 saturated carbocycles. The van der Waals surface area contributed by atoms with Crippen molar-refractivity contribution in [2.24, 2.45) is 5.41 Å². The maximum absolute atomic E-state index is 5.35. The van der Waals surface area contributed by atoms with E-state index in [4.69, 9.17) is 4.52 Å². The summed E-state index contributed by atoms with van der Waals surface area (Å²) in [5.41, 5.74) is 0.175. The molecular weight excluding hydrogens is 240 g/mol. The van der Waals surface area contributed by atoms with Crippen LogP contribution in [0.4, 0.5) is 0 Å². The van der Waals surface area contributed by atoms with Crippen LogP contribution in [0.3, 0.4) is 0 Å². The van der Waals surface area contributed by atoms with Crippen molar-refractivity contribution >= 4 is 0 Å². The first-order valence-electron chi connectivity index (χ1n) is 7.02. The van der Waals surface area contributed by atoms with E-state index in [9.17, 15) is 0 Å². The Labute approximate surface area is 116 Å². The Morgan fingerprint density at radius 3 is 2.53 bits per heavy atom. The minimum absolute atomic E-state index is 0.175. The molecule has 1 unspecified atom stereocenters. The van der Waals surface area contributed by atoms with Gasteiger partial charge in [-0.25, -0.2) is 0 Å². The van der Waals surface area contributed by atoms with E-state index in [2.05, 4.69) is 48.1 Å². The van der Waals surface area contributed by atoms with Gasteiger partial charge in [-0.2, -0.15) is 4.98 Å². The van der Waals surface area contributed by atoms with Gasteiger partial charge < -0.3 is 14.7 Å². The van der Waals surface area contributed by atoms with E-state index in [1.165, 1.54) is 0 Å². The molecule has 0 spiro atoms. The summed E-state index contributed by atoms with van der Waals surface area (Å²) in [7, 11) is 4.09. The smallest absolute Gasteiger partial charge is 0.228 e. The quantitative estimate of drug-likeness (QED) is 0.816. The molecule has 0 saturated heterocycles. The highest BCUT2D eigenvalue weighted by atomic mass is 16.5. The summed E-state index contributed by atoms with van der Waals surface area (Å²) < 4.78 is 5.35. The maximum Gasteiger partial charge on any atom is 0.228 e. The molecule has 0 aliphatic carbocycles. The number of hydrogen-bond acceptors (Lipinski definition) is 5. The average Bonchev–Trinajstić information content (AvgIpc) is 2.72. The second-order valence-corrected chi connectivity index (χ2v) is 6.34. The van der Waals surface area contributed by atoms with E-state index in [0.29, 0.717) is 6.04 Å². The Balaban J connectivity index is 2.60. The first-order chi connectivity index (χ1) is 8.82. The van der Waals surface area contributed by atoms with E-state index >= 15 is 0 Å². The van der Waals surface area contributed by atoms with Crippen LogP contribution in [0.2, 0.25) is 0 Å². The van der Waals surface area contributed by atoms with Crippen LogP contribution in [-0.2, 0) is 12.8 Å². The molecule has 0 aliphatic rings. The van der Waals surface area contributed by atoms with E-state index in [-0.39, 0.29) is 5.41 Å². The van der Waals surface area contributed by atoms with E-state index in [1.807, 2.05) is 14.1 Å². The highest BCUT2D eigenvalue weighted by molar-refractivity contribution is 4.93. The Kier molecular flexibility index (Phi) is 5.94. The molecular formula is C14H28N4O. The predicted octanol–water partition coefficient (Wildman–Crippen LogP) is 1.74. The van der Waals surface area contributed by atoms with Crippen molar-refractivity contribution in [2.45, 2.75) is 46.6 Å². The summed E-state index contributed by atoms with van der Waals surface area (Å²) in [5.74, 6) is 1.53.